The summed E-state index contributed by atoms with van der Waals surface area (Å²) in [6.45, 7) is 7.77. The number of nitrogens with zero attached hydrogens (tertiary/aromatic N) is 1. The van der Waals surface area contributed by atoms with Gasteiger partial charge in [0.25, 0.3) is 5.91 Å². The van der Waals surface area contributed by atoms with Crippen LogP contribution in [0.2, 0.25) is 0 Å². The Morgan fingerprint density at radius 1 is 1.06 bits per heavy atom. The molecule has 1 fully saturated rings. The average molecular weight is 424 g/mol. The molecule has 166 valence electrons. The molecular formula is C25H33N3O3. The van der Waals surface area contributed by atoms with Gasteiger partial charge in [-0.3, -0.25) is 9.59 Å². The smallest absolute Gasteiger partial charge is 0.261 e. The van der Waals surface area contributed by atoms with E-state index >= 15 is 0 Å². The first-order valence-electron chi connectivity index (χ1n) is 11.2. The van der Waals surface area contributed by atoms with Crippen molar-refractivity contribution < 1.29 is 14.3 Å². The van der Waals surface area contributed by atoms with Crippen molar-refractivity contribution >= 4 is 23.2 Å². The number of hydrogen-bond donors (Lipinski definition) is 2. The second-order valence-electron chi connectivity index (χ2n) is 8.16. The van der Waals surface area contributed by atoms with Gasteiger partial charge in [-0.05, 0) is 63.4 Å². The highest BCUT2D eigenvalue weighted by atomic mass is 16.5. The predicted molar refractivity (Wildman–Crippen MR) is 125 cm³/mol. The third kappa shape index (κ3) is 6.48. The topological polar surface area (TPSA) is 70.7 Å². The Kier molecular flexibility index (Phi) is 7.93. The van der Waals surface area contributed by atoms with E-state index in [1.807, 2.05) is 56.3 Å². The molecule has 0 radical (unpaired) electrons. The molecule has 1 heterocycles. The van der Waals surface area contributed by atoms with E-state index in [1.54, 1.807) is 6.92 Å². The molecule has 0 bridgehead atoms. The monoisotopic (exact) mass is 423 g/mol. The van der Waals surface area contributed by atoms with E-state index in [1.165, 1.54) is 12.8 Å². The van der Waals surface area contributed by atoms with Crippen molar-refractivity contribution in [2.75, 3.05) is 23.3 Å². The van der Waals surface area contributed by atoms with Gasteiger partial charge in [-0.1, -0.05) is 37.1 Å². The minimum absolute atomic E-state index is 0.212. The minimum atomic E-state index is -0.701. The largest absolute Gasteiger partial charge is 0.481 e. The fourth-order valence-electron chi connectivity index (χ4n) is 3.71. The zero-order chi connectivity index (χ0) is 22.2. The Labute approximate surface area is 185 Å². The Morgan fingerprint density at radius 3 is 2.45 bits per heavy atom. The van der Waals surface area contributed by atoms with E-state index in [-0.39, 0.29) is 11.8 Å². The average Bonchev–Trinajstić information content (AvgIpc) is 3.30. The first kappa shape index (κ1) is 22.7. The van der Waals surface area contributed by atoms with Crippen LogP contribution in [-0.4, -0.2) is 37.0 Å². The molecule has 0 saturated carbocycles. The van der Waals surface area contributed by atoms with Gasteiger partial charge in [-0.25, -0.2) is 0 Å². The van der Waals surface area contributed by atoms with Crippen molar-refractivity contribution in [1.82, 2.24) is 5.32 Å². The van der Waals surface area contributed by atoms with Gasteiger partial charge >= 0.3 is 0 Å². The van der Waals surface area contributed by atoms with Crippen molar-refractivity contribution in [2.45, 2.75) is 58.6 Å². The van der Waals surface area contributed by atoms with Gasteiger partial charge in [-0.2, -0.15) is 0 Å². The molecule has 1 aliphatic rings. The minimum Gasteiger partial charge on any atom is -0.481 e. The quantitative estimate of drug-likeness (QED) is 0.631. The maximum Gasteiger partial charge on any atom is 0.261 e. The fourth-order valence-corrected chi connectivity index (χ4v) is 3.71. The normalized spacial score (nSPS) is 15.3. The molecule has 3 rings (SSSR count). The number of hydrogen-bond acceptors (Lipinski definition) is 4. The van der Waals surface area contributed by atoms with Crippen molar-refractivity contribution in [2.24, 2.45) is 0 Å². The number of rotatable bonds is 9. The van der Waals surface area contributed by atoms with Gasteiger partial charge in [0, 0.05) is 24.5 Å². The van der Waals surface area contributed by atoms with Gasteiger partial charge in [0.05, 0.1) is 0 Å². The number of anilines is 2. The zero-order valence-corrected chi connectivity index (χ0v) is 18.7. The lowest BCUT2D eigenvalue weighted by Crippen LogP contribution is -2.48. The van der Waals surface area contributed by atoms with Gasteiger partial charge in [0.1, 0.15) is 11.8 Å². The molecule has 2 amide bonds. The highest BCUT2D eigenvalue weighted by molar-refractivity contribution is 5.98. The van der Waals surface area contributed by atoms with Crippen molar-refractivity contribution in [1.29, 1.82) is 0 Å². The number of ether oxygens (including phenoxy) is 1. The summed E-state index contributed by atoms with van der Waals surface area (Å²) in [6.07, 6.45) is 3.03. The second kappa shape index (κ2) is 10.8. The molecule has 6 heteroatoms. The van der Waals surface area contributed by atoms with E-state index in [9.17, 15) is 9.59 Å². The van der Waals surface area contributed by atoms with E-state index < -0.39 is 12.1 Å². The lowest BCUT2D eigenvalue weighted by atomic mass is 10.1. The molecule has 2 unspecified atom stereocenters. The molecular weight excluding hydrogens is 390 g/mol. The molecule has 6 nitrogen and oxygen atoms in total. The molecule has 2 aromatic carbocycles. The second-order valence-corrected chi connectivity index (χ2v) is 8.16. The van der Waals surface area contributed by atoms with Crippen LogP contribution < -0.4 is 20.3 Å². The Bertz CT molecular complexity index is 876. The summed E-state index contributed by atoms with van der Waals surface area (Å²) in [5.74, 6) is 0.111. The highest BCUT2D eigenvalue weighted by Crippen LogP contribution is 2.23. The summed E-state index contributed by atoms with van der Waals surface area (Å²) in [5.41, 5.74) is 2.98. The lowest BCUT2D eigenvalue weighted by molar-refractivity contribution is -0.131. The van der Waals surface area contributed by atoms with Crippen molar-refractivity contribution in [3.63, 3.8) is 0 Å². The van der Waals surface area contributed by atoms with Gasteiger partial charge < -0.3 is 20.3 Å². The lowest BCUT2D eigenvalue weighted by Gasteiger charge is -2.22. The van der Waals surface area contributed by atoms with E-state index in [4.69, 9.17) is 4.74 Å². The van der Waals surface area contributed by atoms with Crippen LogP contribution in [0, 0.1) is 6.92 Å². The molecule has 0 aliphatic carbocycles. The van der Waals surface area contributed by atoms with E-state index in [0.29, 0.717) is 12.2 Å². The molecule has 2 aromatic rings. The van der Waals surface area contributed by atoms with E-state index in [0.717, 1.165) is 36.4 Å². The molecule has 0 spiro atoms. The molecule has 1 saturated heterocycles. The molecule has 2 atom stereocenters. The van der Waals surface area contributed by atoms with Crippen LogP contribution in [0.1, 0.15) is 45.1 Å². The van der Waals surface area contributed by atoms with Crippen LogP contribution in [0.3, 0.4) is 0 Å². The number of amides is 2. The summed E-state index contributed by atoms with van der Waals surface area (Å²) in [5, 5.41) is 5.82. The Balaban J connectivity index is 1.60. The molecule has 31 heavy (non-hydrogen) atoms. The summed E-state index contributed by atoms with van der Waals surface area (Å²) in [4.78, 5) is 27.9. The number of carbonyl (C=O) groups excluding carboxylic acids is 2. The standard InChI is InChI=1S/C25H33N3O3/c1-4-8-23(27-24(29)19(3)31-22-13-11-18(2)12-14-22)25(30)26-20-9-7-10-21(17-20)28-15-5-6-16-28/h7,9-14,17,19,23H,4-6,8,15-16H2,1-3H3,(H,26,30)(H,27,29). The summed E-state index contributed by atoms with van der Waals surface area (Å²) >= 11 is 0. The third-order valence-corrected chi connectivity index (χ3v) is 5.50. The Hall–Kier alpha value is -3.02. The van der Waals surface area contributed by atoms with Crippen LogP contribution in [0.4, 0.5) is 11.4 Å². The van der Waals surface area contributed by atoms with Gasteiger partial charge in [-0.15, -0.1) is 0 Å². The van der Waals surface area contributed by atoms with Crippen LogP contribution in [0.5, 0.6) is 5.75 Å². The number of benzene rings is 2. The first-order valence-corrected chi connectivity index (χ1v) is 11.2. The van der Waals surface area contributed by atoms with E-state index in [2.05, 4.69) is 21.6 Å². The van der Waals surface area contributed by atoms with Crippen LogP contribution in [-0.2, 0) is 9.59 Å². The SMILES string of the molecule is CCCC(NC(=O)C(C)Oc1ccc(C)cc1)C(=O)Nc1cccc(N2CCCC2)c1. The predicted octanol–water partition coefficient (Wildman–Crippen LogP) is 4.29. The van der Waals surface area contributed by atoms with Crippen LogP contribution >= 0.6 is 0 Å². The summed E-state index contributed by atoms with van der Waals surface area (Å²) < 4.78 is 5.73. The molecule has 0 aromatic heterocycles. The van der Waals surface area contributed by atoms with Crippen LogP contribution in [0.25, 0.3) is 0 Å². The molecule has 2 N–H and O–H groups in total. The zero-order valence-electron chi connectivity index (χ0n) is 18.7. The number of carbonyl (C=O) groups is 2. The van der Waals surface area contributed by atoms with Gasteiger partial charge in [0.2, 0.25) is 5.91 Å². The van der Waals surface area contributed by atoms with Crippen molar-refractivity contribution in [3.05, 3.63) is 54.1 Å². The Morgan fingerprint density at radius 2 is 1.77 bits per heavy atom. The first-order chi connectivity index (χ1) is 15.0. The summed E-state index contributed by atoms with van der Waals surface area (Å²) in [6, 6.07) is 14.8. The number of aryl methyl sites for hydroxylation is 1. The van der Waals surface area contributed by atoms with Crippen molar-refractivity contribution in [3.8, 4) is 5.75 Å². The maximum atomic E-state index is 12.9. The number of nitrogens with one attached hydrogen (secondary N) is 2. The van der Waals surface area contributed by atoms with Crippen LogP contribution in [0.15, 0.2) is 48.5 Å². The highest BCUT2D eigenvalue weighted by Gasteiger charge is 2.24. The third-order valence-electron chi connectivity index (χ3n) is 5.50. The summed E-state index contributed by atoms with van der Waals surface area (Å²) in [7, 11) is 0. The maximum absolute atomic E-state index is 12.9. The van der Waals surface area contributed by atoms with Gasteiger partial charge in [0.15, 0.2) is 6.10 Å². The molecule has 1 aliphatic heterocycles. The fraction of sp³-hybridized carbons (Fsp3) is 0.440.